The first-order chi connectivity index (χ1) is 10.1. The number of hydrogen-bond acceptors (Lipinski definition) is 3. The Morgan fingerprint density at radius 1 is 1.09 bits per heavy atom. The standard InChI is InChI=1S/C16H26N2O2S.ClH/c17-11-12-18(13-15-7-3-1-4-8-15)21(19,20)14-16-9-5-2-6-10-16;/h1,3-4,7-8,16H,2,5-6,9-14,17H2;1H. The maximum Gasteiger partial charge on any atom is 0.214 e. The van der Waals surface area contributed by atoms with Gasteiger partial charge in [-0.25, -0.2) is 8.42 Å². The largest absolute Gasteiger partial charge is 0.329 e. The second-order valence-corrected chi connectivity index (χ2v) is 7.90. The van der Waals surface area contributed by atoms with Crippen LogP contribution in [-0.2, 0) is 16.6 Å². The highest BCUT2D eigenvalue weighted by atomic mass is 35.5. The van der Waals surface area contributed by atoms with Crippen LogP contribution in [0, 0.1) is 5.92 Å². The highest BCUT2D eigenvalue weighted by Crippen LogP contribution is 2.26. The predicted octanol–water partition coefficient (Wildman–Crippen LogP) is 2.78. The molecule has 1 aliphatic rings. The number of benzene rings is 1. The lowest BCUT2D eigenvalue weighted by atomic mass is 9.91. The van der Waals surface area contributed by atoms with Crippen LogP contribution in [0.5, 0.6) is 0 Å². The smallest absolute Gasteiger partial charge is 0.214 e. The molecular formula is C16H27ClN2O2S. The van der Waals surface area contributed by atoms with Gasteiger partial charge in [0.1, 0.15) is 0 Å². The van der Waals surface area contributed by atoms with Crippen LogP contribution in [0.15, 0.2) is 30.3 Å². The molecule has 0 amide bonds. The summed E-state index contributed by atoms with van der Waals surface area (Å²) in [7, 11) is -3.23. The third-order valence-corrected chi connectivity index (χ3v) is 6.14. The molecule has 4 nitrogen and oxygen atoms in total. The SMILES string of the molecule is Cl.NCCN(Cc1ccccc1)S(=O)(=O)CC1CCCCC1. The van der Waals surface area contributed by atoms with Gasteiger partial charge in [-0.3, -0.25) is 0 Å². The molecule has 6 heteroatoms. The molecular weight excluding hydrogens is 320 g/mol. The molecule has 2 rings (SSSR count). The normalized spacial score (nSPS) is 16.5. The van der Waals surface area contributed by atoms with E-state index in [-0.39, 0.29) is 18.2 Å². The van der Waals surface area contributed by atoms with Gasteiger partial charge in [-0.1, -0.05) is 49.6 Å². The van der Waals surface area contributed by atoms with E-state index in [4.69, 9.17) is 5.73 Å². The summed E-state index contributed by atoms with van der Waals surface area (Å²) in [5, 5.41) is 0. The van der Waals surface area contributed by atoms with Crippen molar-refractivity contribution in [2.45, 2.75) is 38.6 Å². The zero-order valence-electron chi connectivity index (χ0n) is 13.0. The first-order valence-electron chi connectivity index (χ1n) is 7.83. The summed E-state index contributed by atoms with van der Waals surface area (Å²) in [6, 6.07) is 9.72. The number of hydrogen-bond donors (Lipinski definition) is 1. The monoisotopic (exact) mass is 346 g/mol. The van der Waals surface area contributed by atoms with E-state index >= 15 is 0 Å². The van der Waals surface area contributed by atoms with Crippen molar-refractivity contribution in [3.63, 3.8) is 0 Å². The van der Waals surface area contributed by atoms with Crippen LogP contribution in [0.25, 0.3) is 0 Å². The van der Waals surface area contributed by atoms with Crippen LogP contribution >= 0.6 is 12.4 Å². The molecule has 0 aromatic heterocycles. The Balaban J connectivity index is 0.00000242. The van der Waals surface area contributed by atoms with Crippen LogP contribution in [-0.4, -0.2) is 31.6 Å². The molecule has 22 heavy (non-hydrogen) atoms. The van der Waals surface area contributed by atoms with Gasteiger partial charge >= 0.3 is 0 Å². The Hall–Kier alpha value is -0.620. The summed E-state index contributed by atoms with van der Waals surface area (Å²) >= 11 is 0. The van der Waals surface area contributed by atoms with Gasteiger partial charge in [0.25, 0.3) is 0 Å². The molecule has 0 unspecified atom stereocenters. The van der Waals surface area contributed by atoms with Crippen LogP contribution in [0.2, 0.25) is 0 Å². The number of rotatable bonds is 7. The summed E-state index contributed by atoms with van der Waals surface area (Å²) in [6.07, 6.45) is 5.65. The summed E-state index contributed by atoms with van der Waals surface area (Å²) in [6.45, 7) is 1.17. The topological polar surface area (TPSA) is 63.4 Å². The van der Waals surface area contributed by atoms with Crippen LogP contribution in [0.1, 0.15) is 37.7 Å². The zero-order valence-corrected chi connectivity index (χ0v) is 14.6. The summed E-state index contributed by atoms with van der Waals surface area (Å²) in [4.78, 5) is 0. The van der Waals surface area contributed by atoms with E-state index in [1.807, 2.05) is 30.3 Å². The van der Waals surface area contributed by atoms with E-state index in [2.05, 4.69) is 0 Å². The molecule has 0 radical (unpaired) electrons. The van der Waals surface area contributed by atoms with Gasteiger partial charge in [-0.15, -0.1) is 12.4 Å². The summed E-state index contributed by atoms with van der Waals surface area (Å²) < 4.78 is 26.9. The van der Waals surface area contributed by atoms with Gasteiger partial charge in [0.15, 0.2) is 0 Å². The molecule has 1 aromatic carbocycles. The number of halogens is 1. The molecule has 1 fully saturated rings. The van der Waals surface area contributed by atoms with E-state index in [0.717, 1.165) is 31.2 Å². The summed E-state index contributed by atoms with van der Waals surface area (Å²) in [5.74, 6) is 0.597. The van der Waals surface area contributed by atoms with Gasteiger partial charge in [0, 0.05) is 19.6 Å². The van der Waals surface area contributed by atoms with Crippen LogP contribution < -0.4 is 5.73 Å². The van der Waals surface area contributed by atoms with Crippen molar-refractivity contribution in [1.29, 1.82) is 0 Å². The Morgan fingerprint density at radius 3 is 2.32 bits per heavy atom. The van der Waals surface area contributed by atoms with Gasteiger partial charge in [0.05, 0.1) is 5.75 Å². The molecule has 1 aliphatic carbocycles. The number of nitrogens with two attached hydrogens (primary N) is 1. The zero-order chi connectivity index (χ0) is 15.1. The quantitative estimate of drug-likeness (QED) is 0.825. The lowest BCUT2D eigenvalue weighted by molar-refractivity contribution is 0.365. The molecule has 0 aliphatic heterocycles. The first-order valence-corrected chi connectivity index (χ1v) is 9.44. The summed E-state index contributed by atoms with van der Waals surface area (Å²) in [5.41, 5.74) is 6.62. The van der Waals surface area contributed by atoms with Gasteiger partial charge in [-0.2, -0.15) is 4.31 Å². The molecule has 0 saturated heterocycles. The second kappa shape index (κ2) is 9.50. The average Bonchev–Trinajstić information content (AvgIpc) is 2.48. The maximum atomic E-state index is 12.7. The molecule has 0 bridgehead atoms. The maximum absolute atomic E-state index is 12.7. The first kappa shape index (κ1) is 19.4. The molecule has 0 atom stereocenters. The second-order valence-electron chi connectivity index (χ2n) is 5.89. The van der Waals surface area contributed by atoms with E-state index in [0.29, 0.717) is 25.6 Å². The minimum atomic E-state index is -3.23. The van der Waals surface area contributed by atoms with E-state index in [1.54, 1.807) is 4.31 Å². The lowest BCUT2D eigenvalue weighted by Crippen LogP contribution is -2.38. The highest BCUT2D eigenvalue weighted by Gasteiger charge is 2.26. The van der Waals surface area contributed by atoms with Crippen molar-refractivity contribution >= 4 is 22.4 Å². The molecule has 0 heterocycles. The fraction of sp³-hybridized carbons (Fsp3) is 0.625. The fourth-order valence-corrected chi connectivity index (χ4v) is 4.87. The fourth-order valence-electron chi connectivity index (χ4n) is 3.00. The van der Waals surface area contributed by atoms with Crippen molar-refractivity contribution in [1.82, 2.24) is 4.31 Å². The Labute approximate surface area is 140 Å². The minimum absolute atomic E-state index is 0. The van der Waals surface area contributed by atoms with Gasteiger partial charge < -0.3 is 5.73 Å². The van der Waals surface area contributed by atoms with Crippen molar-refractivity contribution in [2.24, 2.45) is 11.7 Å². The minimum Gasteiger partial charge on any atom is -0.329 e. The number of sulfonamides is 1. The van der Waals surface area contributed by atoms with Crippen LogP contribution in [0.4, 0.5) is 0 Å². The van der Waals surface area contributed by atoms with Crippen LogP contribution in [0.3, 0.4) is 0 Å². The molecule has 1 aromatic rings. The predicted molar refractivity (Wildman–Crippen MR) is 93.5 cm³/mol. The van der Waals surface area contributed by atoms with Crippen molar-refractivity contribution in [2.75, 3.05) is 18.8 Å². The van der Waals surface area contributed by atoms with E-state index in [1.165, 1.54) is 6.42 Å². The molecule has 0 spiro atoms. The van der Waals surface area contributed by atoms with E-state index in [9.17, 15) is 8.42 Å². The Kier molecular flexibility index (Phi) is 8.39. The van der Waals surface area contributed by atoms with Crippen molar-refractivity contribution in [3.8, 4) is 0 Å². The Bertz CT molecular complexity index is 516. The highest BCUT2D eigenvalue weighted by molar-refractivity contribution is 7.89. The molecule has 2 N–H and O–H groups in total. The van der Waals surface area contributed by atoms with Crippen molar-refractivity contribution < 1.29 is 8.42 Å². The molecule has 126 valence electrons. The Morgan fingerprint density at radius 2 is 1.73 bits per heavy atom. The van der Waals surface area contributed by atoms with E-state index < -0.39 is 10.0 Å². The number of nitrogens with zero attached hydrogens (tertiary/aromatic N) is 1. The molecule has 1 saturated carbocycles. The lowest BCUT2D eigenvalue weighted by Gasteiger charge is -2.26. The third-order valence-electron chi connectivity index (χ3n) is 4.14. The average molecular weight is 347 g/mol. The van der Waals surface area contributed by atoms with Crippen molar-refractivity contribution in [3.05, 3.63) is 35.9 Å². The van der Waals surface area contributed by atoms with Gasteiger partial charge in [0.2, 0.25) is 10.0 Å². The third kappa shape index (κ3) is 5.88. The van der Waals surface area contributed by atoms with Gasteiger partial charge in [-0.05, 0) is 24.3 Å².